The number of hydrogen-bond acceptors (Lipinski definition) is 4. The molecular weight excluding hydrogens is 388 g/mol. The maximum atomic E-state index is 12.6. The Hall–Kier alpha value is -2.25. The summed E-state index contributed by atoms with van der Waals surface area (Å²) in [6.07, 6.45) is 1.93. The molecule has 6 nitrogen and oxygen atoms in total. The lowest BCUT2D eigenvalue weighted by atomic mass is 10.1. The second-order valence-corrected chi connectivity index (χ2v) is 8.06. The molecule has 27 heavy (non-hydrogen) atoms. The highest BCUT2D eigenvalue weighted by molar-refractivity contribution is 7.92. The number of nitrogens with one attached hydrogen (secondary N) is 1. The van der Waals surface area contributed by atoms with E-state index < -0.39 is 16.0 Å². The van der Waals surface area contributed by atoms with E-state index >= 15 is 0 Å². The third-order valence-electron chi connectivity index (χ3n) is 4.11. The molecule has 0 unspecified atom stereocenters. The lowest BCUT2D eigenvalue weighted by Crippen LogP contribution is -2.26. The van der Waals surface area contributed by atoms with Gasteiger partial charge in [-0.1, -0.05) is 37.1 Å². The van der Waals surface area contributed by atoms with Crippen molar-refractivity contribution in [2.75, 3.05) is 22.7 Å². The number of carbonyl (C=O) groups is 1. The van der Waals surface area contributed by atoms with E-state index in [0.29, 0.717) is 12.2 Å². The van der Waals surface area contributed by atoms with Gasteiger partial charge in [0.1, 0.15) is 4.90 Å². The van der Waals surface area contributed by atoms with Gasteiger partial charge in [-0.15, -0.1) is 0 Å². The molecule has 0 aliphatic rings. The molecule has 146 valence electrons. The summed E-state index contributed by atoms with van der Waals surface area (Å²) in [7, 11) is -3.93. The van der Waals surface area contributed by atoms with Crippen LogP contribution in [0.5, 0.6) is 0 Å². The van der Waals surface area contributed by atoms with Crippen LogP contribution in [0.15, 0.2) is 47.4 Å². The molecule has 2 rings (SSSR count). The number of hydrogen-bond donors (Lipinski definition) is 2. The number of anilines is 2. The summed E-state index contributed by atoms with van der Waals surface area (Å²) in [5.74, 6) is -1.11. The quantitative estimate of drug-likeness (QED) is 0.637. The zero-order valence-electron chi connectivity index (χ0n) is 15.3. The van der Waals surface area contributed by atoms with E-state index in [9.17, 15) is 18.3 Å². The van der Waals surface area contributed by atoms with Crippen molar-refractivity contribution in [3.63, 3.8) is 0 Å². The fraction of sp³-hybridized carbons (Fsp3) is 0.316. The molecule has 0 amide bonds. The van der Waals surface area contributed by atoms with Crippen LogP contribution in [-0.4, -0.2) is 32.6 Å². The first-order valence-electron chi connectivity index (χ1n) is 8.69. The molecule has 8 heteroatoms. The van der Waals surface area contributed by atoms with Crippen molar-refractivity contribution >= 4 is 39.0 Å². The number of nitrogens with zero attached hydrogens (tertiary/aromatic N) is 1. The molecule has 0 saturated heterocycles. The van der Waals surface area contributed by atoms with Crippen molar-refractivity contribution in [3.8, 4) is 0 Å². The largest absolute Gasteiger partial charge is 0.478 e. The van der Waals surface area contributed by atoms with Gasteiger partial charge in [0.25, 0.3) is 10.0 Å². The second kappa shape index (κ2) is 9.10. The van der Waals surface area contributed by atoms with Gasteiger partial charge in [-0.2, -0.15) is 0 Å². The number of rotatable bonds is 9. The van der Waals surface area contributed by atoms with Crippen molar-refractivity contribution in [3.05, 3.63) is 53.1 Å². The Morgan fingerprint density at radius 1 is 1.19 bits per heavy atom. The highest BCUT2D eigenvalue weighted by atomic mass is 35.5. The molecule has 0 saturated carbocycles. The Kier molecular flexibility index (Phi) is 7.10. The van der Waals surface area contributed by atoms with Gasteiger partial charge < -0.3 is 10.0 Å². The maximum absolute atomic E-state index is 12.6. The normalized spacial score (nSPS) is 11.2. The van der Waals surface area contributed by atoms with Crippen molar-refractivity contribution in [1.29, 1.82) is 0 Å². The minimum atomic E-state index is -3.93. The number of carboxylic acids is 1. The molecule has 0 fully saturated rings. The Bertz CT molecular complexity index is 916. The van der Waals surface area contributed by atoms with Gasteiger partial charge in [-0.05, 0) is 43.7 Å². The van der Waals surface area contributed by atoms with Crippen molar-refractivity contribution in [1.82, 2.24) is 0 Å². The monoisotopic (exact) mass is 410 g/mol. The Balaban J connectivity index is 2.38. The summed E-state index contributed by atoms with van der Waals surface area (Å²) in [5.41, 5.74) is 0.786. The average Bonchev–Trinajstić information content (AvgIpc) is 2.63. The standard InChI is InChI=1S/C19H23ClN2O4S/c1-3-5-12-22(4-2)17-11-10-14(13-15(17)19(23)24)21-27(25,26)18-9-7-6-8-16(18)20/h6-11,13,21H,3-5,12H2,1-2H3,(H,23,24). The first kappa shape index (κ1) is 21.1. The van der Waals surface area contributed by atoms with Crippen LogP contribution in [0.25, 0.3) is 0 Å². The van der Waals surface area contributed by atoms with Crippen LogP contribution < -0.4 is 9.62 Å². The van der Waals surface area contributed by atoms with Crippen molar-refractivity contribution < 1.29 is 18.3 Å². The number of sulfonamides is 1. The molecule has 0 heterocycles. The summed E-state index contributed by atoms with van der Waals surface area (Å²) in [4.78, 5) is 13.6. The van der Waals surface area contributed by atoms with E-state index in [-0.39, 0.29) is 21.2 Å². The van der Waals surface area contributed by atoms with Crippen LogP contribution in [0.2, 0.25) is 5.02 Å². The highest BCUT2D eigenvalue weighted by Crippen LogP contribution is 2.28. The molecule has 0 radical (unpaired) electrons. The lowest BCUT2D eigenvalue weighted by Gasteiger charge is -2.25. The zero-order chi connectivity index (χ0) is 20.0. The van der Waals surface area contributed by atoms with E-state index in [2.05, 4.69) is 11.6 Å². The summed E-state index contributed by atoms with van der Waals surface area (Å²) in [5, 5.41) is 9.69. The van der Waals surface area contributed by atoms with Crippen molar-refractivity contribution in [2.45, 2.75) is 31.6 Å². The second-order valence-electron chi connectivity index (χ2n) is 6.01. The molecule has 2 aromatic rings. The third-order valence-corrected chi connectivity index (χ3v) is 5.99. The first-order valence-corrected chi connectivity index (χ1v) is 10.6. The zero-order valence-corrected chi connectivity index (χ0v) is 16.8. The molecule has 2 N–H and O–H groups in total. The van der Waals surface area contributed by atoms with Gasteiger partial charge in [-0.3, -0.25) is 4.72 Å². The Morgan fingerprint density at radius 2 is 1.89 bits per heavy atom. The van der Waals surface area contributed by atoms with E-state index in [4.69, 9.17) is 11.6 Å². The van der Waals surface area contributed by atoms with Crippen LogP contribution in [0.4, 0.5) is 11.4 Å². The molecule has 0 aliphatic heterocycles. The van der Waals surface area contributed by atoms with Gasteiger partial charge in [0.15, 0.2) is 0 Å². The number of aromatic carboxylic acids is 1. The molecule has 0 bridgehead atoms. The summed E-state index contributed by atoms with van der Waals surface area (Å²) in [6, 6.07) is 10.6. The van der Waals surface area contributed by atoms with Gasteiger partial charge >= 0.3 is 5.97 Å². The number of carboxylic acid groups (broad SMARTS) is 1. The molecule has 2 aromatic carbocycles. The van der Waals surface area contributed by atoms with Crippen LogP contribution in [0, 0.1) is 0 Å². The smallest absolute Gasteiger partial charge is 0.337 e. The number of unbranched alkanes of at least 4 members (excludes halogenated alkanes) is 1. The molecular formula is C19H23ClN2O4S. The van der Waals surface area contributed by atoms with Gasteiger partial charge in [-0.25, -0.2) is 13.2 Å². The molecule has 0 aliphatic carbocycles. The maximum Gasteiger partial charge on any atom is 0.337 e. The fourth-order valence-corrected chi connectivity index (χ4v) is 4.29. The van der Waals surface area contributed by atoms with E-state index in [1.165, 1.54) is 18.2 Å². The summed E-state index contributed by atoms with van der Waals surface area (Å²) < 4.78 is 27.5. The average molecular weight is 411 g/mol. The predicted octanol–water partition coefficient (Wildman–Crippen LogP) is 4.47. The highest BCUT2D eigenvalue weighted by Gasteiger charge is 2.20. The van der Waals surface area contributed by atoms with E-state index in [1.54, 1.807) is 24.3 Å². The van der Waals surface area contributed by atoms with Crippen LogP contribution >= 0.6 is 11.6 Å². The topological polar surface area (TPSA) is 86.7 Å². The molecule has 0 spiro atoms. The Morgan fingerprint density at radius 3 is 2.48 bits per heavy atom. The van der Waals surface area contributed by atoms with Crippen LogP contribution in [0.1, 0.15) is 37.0 Å². The Labute approximate surface area is 164 Å². The predicted molar refractivity (Wildman–Crippen MR) is 108 cm³/mol. The van der Waals surface area contributed by atoms with Gasteiger partial charge in [0, 0.05) is 18.8 Å². The molecule has 0 aromatic heterocycles. The van der Waals surface area contributed by atoms with E-state index in [1.807, 2.05) is 11.8 Å². The SMILES string of the molecule is CCCCN(CC)c1ccc(NS(=O)(=O)c2ccccc2Cl)cc1C(=O)O. The third kappa shape index (κ3) is 5.14. The minimum absolute atomic E-state index is 0.0484. The number of benzene rings is 2. The first-order chi connectivity index (χ1) is 12.8. The van der Waals surface area contributed by atoms with Gasteiger partial charge in [0.05, 0.1) is 16.3 Å². The minimum Gasteiger partial charge on any atom is -0.478 e. The molecule has 0 atom stereocenters. The summed E-state index contributed by atoms with van der Waals surface area (Å²) in [6.45, 7) is 5.41. The van der Waals surface area contributed by atoms with Crippen LogP contribution in [-0.2, 0) is 10.0 Å². The van der Waals surface area contributed by atoms with Crippen LogP contribution in [0.3, 0.4) is 0 Å². The fourth-order valence-electron chi connectivity index (χ4n) is 2.72. The lowest BCUT2D eigenvalue weighted by molar-refractivity contribution is 0.0697. The van der Waals surface area contributed by atoms with Gasteiger partial charge in [0.2, 0.25) is 0 Å². The van der Waals surface area contributed by atoms with E-state index in [0.717, 1.165) is 19.4 Å². The van der Waals surface area contributed by atoms with Crippen molar-refractivity contribution in [2.24, 2.45) is 0 Å². The summed E-state index contributed by atoms with van der Waals surface area (Å²) >= 11 is 5.97. The number of halogens is 1.